The third kappa shape index (κ3) is 2.35. The summed E-state index contributed by atoms with van der Waals surface area (Å²) in [7, 11) is -4.32. The highest BCUT2D eigenvalue weighted by Crippen LogP contribution is 2.67. The summed E-state index contributed by atoms with van der Waals surface area (Å²) in [6.07, 6.45) is -7.09. The van der Waals surface area contributed by atoms with E-state index in [0.29, 0.717) is 12.8 Å². The summed E-state index contributed by atoms with van der Waals surface area (Å²) >= 11 is 0. The molecule has 2 rings (SSSR count). The SMILES string of the molecule is O=P(O)(O)C1(C[C@H]2O[C@H](O)[C@@H](O)[C@@H](O)[C@@H]2O)CC1. The normalized spacial score (nSPS) is 43.8. The van der Waals surface area contributed by atoms with Gasteiger partial charge in [-0.05, 0) is 19.3 Å². The van der Waals surface area contributed by atoms with Gasteiger partial charge in [-0.25, -0.2) is 0 Å². The minimum atomic E-state index is -4.32. The summed E-state index contributed by atoms with van der Waals surface area (Å²) in [4.78, 5) is 18.4. The Hall–Kier alpha value is -0.0500. The Kier molecular flexibility index (Phi) is 3.59. The van der Waals surface area contributed by atoms with Crippen molar-refractivity contribution >= 4 is 7.60 Å². The van der Waals surface area contributed by atoms with Crippen molar-refractivity contribution in [1.82, 2.24) is 0 Å². The zero-order valence-electron chi connectivity index (χ0n) is 9.46. The highest BCUT2D eigenvalue weighted by atomic mass is 31.2. The van der Waals surface area contributed by atoms with E-state index in [1.54, 1.807) is 0 Å². The molecule has 8 nitrogen and oxygen atoms in total. The molecule has 0 unspecified atom stereocenters. The summed E-state index contributed by atoms with van der Waals surface area (Å²) in [5.74, 6) is 0. The molecule has 0 spiro atoms. The first-order valence-corrected chi connectivity index (χ1v) is 7.22. The molecule has 1 aliphatic heterocycles. The molecule has 6 N–H and O–H groups in total. The number of aliphatic hydroxyl groups is 4. The summed E-state index contributed by atoms with van der Waals surface area (Å²) in [5, 5.41) is 36.5. The lowest BCUT2D eigenvalue weighted by atomic mass is 9.95. The molecule has 1 heterocycles. The Morgan fingerprint density at radius 3 is 2.06 bits per heavy atom. The Morgan fingerprint density at radius 1 is 1.06 bits per heavy atom. The van der Waals surface area contributed by atoms with E-state index in [2.05, 4.69) is 0 Å². The Balaban J connectivity index is 2.08. The first-order chi connectivity index (χ1) is 8.18. The van der Waals surface area contributed by atoms with E-state index in [4.69, 9.17) is 4.74 Å². The lowest BCUT2D eigenvalue weighted by Crippen LogP contribution is -2.58. The van der Waals surface area contributed by atoms with Crippen molar-refractivity contribution in [2.45, 2.75) is 55.1 Å². The van der Waals surface area contributed by atoms with Crippen LogP contribution in [0.15, 0.2) is 0 Å². The van der Waals surface area contributed by atoms with E-state index in [1.165, 1.54) is 0 Å². The standard InChI is InChI=1S/C9H17O8P/c10-5-4(17-8(13)7(12)6(5)11)3-9(1-2-9)18(14,15)16/h4-8,10-13H,1-3H2,(H2,14,15,16)/t4-,5-,6+,7+,8+/m1/s1. The molecule has 1 saturated heterocycles. The molecule has 0 aromatic carbocycles. The van der Waals surface area contributed by atoms with Gasteiger partial charge in [-0.3, -0.25) is 4.57 Å². The fourth-order valence-electron chi connectivity index (χ4n) is 2.23. The molecule has 1 aliphatic carbocycles. The zero-order chi connectivity index (χ0) is 13.7. The average Bonchev–Trinajstić information content (AvgIpc) is 3.03. The fourth-order valence-corrected chi connectivity index (χ4v) is 3.34. The van der Waals surface area contributed by atoms with Gasteiger partial charge in [-0.15, -0.1) is 0 Å². The van der Waals surface area contributed by atoms with Gasteiger partial charge in [0.05, 0.1) is 11.3 Å². The molecule has 0 bridgehead atoms. The van der Waals surface area contributed by atoms with E-state index < -0.39 is 43.5 Å². The summed E-state index contributed by atoms with van der Waals surface area (Å²) in [5.41, 5.74) is 0. The van der Waals surface area contributed by atoms with Crippen molar-refractivity contribution < 1.29 is 39.5 Å². The molecular weight excluding hydrogens is 267 g/mol. The van der Waals surface area contributed by atoms with Crippen LogP contribution in [0, 0.1) is 0 Å². The topological polar surface area (TPSA) is 148 Å². The lowest BCUT2D eigenvalue weighted by molar-refractivity contribution is -0.283. The molecule has 9 heteroatoms. The average molecular weight is 284 g/mol. The predicted octanol–water partition coefficient (Wildman–Crippen LogP) is -2.11. The smallest absolute Gasteiger partial charge is 0.331 e. The van der Waals surface area contributed by atoms with E-state index in [1.807, 2.05) is 0 Å². The maximum atomic E-state index is 11.3. The maximum Gasteiger partial charge on any atom is 0.331 e. The van der Waals surface area contributed by atoms with Gasteiger partial charge in [0.15, 0.2) is 6.29 Å². The van der Waals surface area contributed by atoms with Crippen LogP contribution in [0.25, 0.3) is 0 Å². The molecule has 18 heavy (non-hydrogen) atoms. The van der Waals surface area contributed by atoms with Crippen LogP contribution in [0.3, 0.4) is 0 Å². The van der Waals surface area contributed by atoms with Crippen LogP contribution in [0.5, 0.6) is 0 Å². The van der Waals surface area contributed by atoms with Gasteiger partial charge >= 0.3 is 7.60 Å². The van der Waals surface area contributed by atoms with E-state index in [0.717, 1.165) is 0 Å². The second-order valence-corrected chi connectivity index (χ2v) is 7.05. The molecule has 0 radical (unpaired) electrons. The van der Waals surface area contributed by atoms with Crippen LogP contribution in [-0.2, 0) is 9.30 Å². The second-order valence-electron chi connectivity index (χ2n) is 5.01. The van der Waals surface area contributed by atoms with Crippen LogP contribution in [-0.4, -0.2) is 66.1 Å². The van der Waals surface area contributed by atoms with E-state index in [-0.39, 0.29) is 6.42 Å². The van der Waals surface area contributed by atoms with Crippen molar-refractivity contribution in [3.8, 4) is 0 Å². The summed E-state index contributed by atoms with van der Waals surface area (Å²) in [6.45, 7) is 0. The first kappa shape index (κ1) is 14.4. The molecule has 0 aromatic heterocycles. The predicted molar refractivity (Wildman–Crippen MR) is 57.5 cm³/mol. The third-order valence-corrected chi connectivity index (χ3v) is 5.58. The molecule has 0 amide bonds. The number of hydrogen-bond donors (Lipinski definition) is 6. The number of hydrogen-bond acceptors (Lipinski definition) is 6. The molecule has 0 aromatic rings. The monoisotopic (exact) mass is 284 g/mol. The van der Waals surface area contributed by atoms with Crippen molar-refractivity contribution in [2.75, 3.05) is 0 Å². The van der Waals surface area contributed by atoms with Crippen LogP contribution < -0.4 is 0 Å². The first-order valence-electron chi connectivity index (χ1n) is 5.61. The minimum Gasteiger partial charge on any atom is -0.388 e. The number of aliphatic hydroxyl groups excluding tert-OH is 4. The molecular formula is C9H17O8P. The summed E-state index contributed by atoms with van der Waals surface area (Å²) in [6, 6.07) is 0. The highest BCUT2D eigenvalue weighted by Gasteiger charge is 2.59. The van der Waals surface area contributed by atoms with Crippen LogP contribution in [0.2, 0.25) is 0 Å². The quantitative estimate of drug-likeness (QED) is 0.322. The van der Waals surface area contributed by atoms with E-state index >= 15 is 0 Å². The van der Waals surface area contributed by atoms with Crippen LogP contribution in [0.1, 0.15) is 19.3 Å². The molecule has 106 valence electrons. The second kappa shape index (κ2) is 4.50. The van der Waals surface area contributed by atoms with Gasteiger partial charge < -0.3 is 34.9 Å². The summed E-state index contributed by atoms with van der Waals surface area (Å²) < 4.78 is 16.2. The van der Waals surface area contributed by atoms with Gasteiger partial charge in [0.25, 0.3) is 0 Å². The Labute approximate surface area is 103 Å². The van der Waals surface area contributed by atoms with Gasteiger partial charge in [0.1, 0.15) is 18.3 Å². The van der Waals surface area contributed by atoms with Crippen molar-refractivity contribution in [3.63, 3.8) is 0 Å². The Morgan fingerprint density at radius 2 is 1.61 bits per heavy atom. The number of ether oxygens (including phenoxy) is 1. The zero-order valence-corrected chi connectivity index (χ0v) is 10.3. The molecule has 2 aliphatic rings. The molecule has 1 saturated carbocycles. The number of rotatable bonds is 3. The van der Waals surface area contributed by atoms with Gasteiger partial charge in [-0.1, -0.05) is 0 Å². The van der Waals surface area contributed by atoms with Crippen molar-refractivity contribution in [2.24, 2.45) is 0 Å². The largest absolute Gasteiger partial charge is 0.388 e. The minimum absolute atomic E-state index is 0.167. The molecule has 2 fully saturated rings. The highest BCUT2D eigenvalue weighted by molar-refractivity contribution is 7.54. The fraction of sp³-hybridized carbons (Fsp3) is 1.00. The van der Waals surface area contributed by atoms with Gasteiger partial charge in [0, 0.05) is 0 Å². The van der Waals surface area contributed by atoms with Crippen molar-refractivity contribution in [3.05, 3.63) is 0 Å². The van der Waals surface area contributed by atoms with Crippen LogP contribution >= 0.6 is 7.60 Å². The van der Waals surface area contributed by atoms with Crippen molar-refractivity contribution in [1.29, 1.82) is 0 Å². The van der Waals surface area contributed by atoms with Gasteiger partial charge in [-0.2, -0.15) is 0 Å². The Bertz CT molecular complexity index is 364. The van der Waals surface area contributed by atoms with E-state index in [9.17, 15) is 34.8 Å². The maximum absolute atomic E-state index is 11.3. The lowest BCUT2D eigenvalue weighted by Gasteiger charge is -2.39. The third-order valence-electron chi connectivity index (χ3n) is 3.71. The van der Waals surface area contributed by atoms with Crippen LogP contribution in [0.4, 0.5) is 0 Å². The van der Waals surface area contributed by atoms with Gasteiger partial charge in [0.2, 0.25) is 0 Å². The molecule has 5 atom stereocenters.